The molecule has 0 aliphatic carbocycles. The van der Waals surface area contributed by atoms with Crippen molar-refractivity contribution in [2.75, 3.05) is 19.6 Å². The Hall–Kier alpha value is -1.06. The van der Waals surface area contributed by atoms with Gasteiger partial charge in [0.15, 0.2) is 0 Å². The summed E-state index contributed by atoms with van der Waals surface area (Å²) in [5, 5.41) is 3.15. The summed E-state index contributed by atoms with van der Waals surface area (Å²) in [5.41, 5.74) is 2.61. The van der Waals surface area contributed by atoms with E-state index in [1.54, 1.807) is 0 Å². The topological polar surface area (TPSA) is 32.3 Å². The van der Waals surface area contributed by atoms with E-state index in [2.05, 4.69) is 48.3 Å². The fraction of sp³-hybridized carbons (Fsp3) is 0.632. The van der Waals surface area contributed by atoms with Crippen molar-refractivity contribution in [1.29, 1.82) is 0 Å². The molecular formula is C19H31ClN2O. The Morgan fingerprint density at radius 1 is 1.17 bits per heavy atom. The Morgan fingerprint density at radius 3 is 2.43 bits per heavy atom. The van der Waals surface area contributed by atoms with Crippen LogP contribution in [0.15, 0.2) is 24.3 Å². The Bertz CT molecular complexity index is 455. The van der Waals surface area contributed by atoms with Gasteiger partial charge in [-0.15, -0.1) is 12.4 Å². The molecule has 1 aliphatic heterocycles. The number of unbranched alkanes of at least 4 members (excludes halogenated alkanes) is 1. The summed E-state index contributed by atoms with van der Waals surface area (Å²) in [6, 6.07) is 9.09. The second kappa shape index (κ2) is 10.7. The summed E-state index contributed by atoms with van der Waals surface area (Å²) in [6.45, 7) is 7.25. The van der Waals surface area contributed by atoms with Crippen LogP contribution in [0.4, 0.5) is 0 Å². The molecule has 2 rings (SSSR count). The van der Waals surface area contributed by atoms with Crippen LogP contribution in [0.2, 0.25) is 0 Å². The van der Waals surface area contributed by atoms with Crippen LogP contribution in [-0.2, 0) is 4.79 Å². The third-order valence-electron chi connectivity index (χ3n) is 4.54. The van der Waals surface area contributed by atoms with Crippen LogP contribution in [0.3, 0.4) is 0 Å². The zero-order valence-electron chi connectivity index (χ0n) is 14.5. The molecule has 1 aromatic carbocycles. The molecule has 1 amide bonds. The third-order valence-corrected chi connectivity index (χ3v) is 4.54. The van der Waals surface area contributed by atoms with E-state index in [-0.39, 0.29) is 18.3 Å². The highest BCUT2D eigenvalue weighted by Gasteiger charge is 2.22. The normalized spacial score (nSPS) is 16.4. The lowest BCUT2D eigenvalue weighted by Gasteiger charge is -2.35. The predicted octanol–water partition coefficient (Wildman–Crippen LogP) is 4.25. The lowest BCUT2D eigenvalue weighted by molar-refractivity contribution is -0.121. The van der Waals surface area contributed by atoms with E-state index in [0.717, 1.165) is 32.5 Å². The van der Waals surface area contributed by atoms with E-state index in [0.29, 0.717) is 12.5 Å². The third kappa shape index (κ3) is 6.52. The minimum absolute atomic E-state index is 0. The largest absolute Gasteiger partial charge is 0.354 e. The molecule has 1 N–H and O–H groups in total. The van der Waals surface area contributed by atoms with Gasteiger partial charge in [-0.3, -0.25) is 9.69 Å². The second-order valence-electron chi connectivity index (χ2n) is 6.43. The van der Waals surface area contributed by atoms with E-state index >= 15 is 0 Å². The van der Waals surface area contributed by atoms with Crippen LogP contribution in [-0.4, -0.2) is 30.4 Å². The second-order valence-corrected chi connectivity index (χ2v) is 6.43. The first-order valence-corrected chi connectivity index (χ1v) is 8.78. The highest BCUT2D eigenvalue weighted by atomic mass is 35.5. The molecular weight excluding hydrogens is 308 g/mol. The Morgan fingerprint density at radius 2 is 1.83 bits per heavy atom. The standard InChI is InChI=1S/C19H30N2O.ClH/c1-3-4-8-19(22)20-15-18(21-13-6-5-7-14-21)17-11-9-16(2)10-12-17;/h9-12,18H,3-8,13-15H2,1-2H3,(H,20,22);1H. The van der Waals surface area contributed by atoms with E-state index in [9.17, 15) is 4.79 Å². The van der Waals surface area contributed by atoms with Crippen molar-refractivity contribution in [1.82, 2.24) is 10.2 Å². The smallest absolute Gasteiger partial charge is 0.220 e. The van der Waals surface area contributed by atoms with Crippen molar-refractivity contribution in [2.45, 2.75) is 58.4 Å². The van der Waals surface area contributed by atoms with Crippen molar-refractivity contribution in [3.05, 3.63) is 35.4 Å². The SMILES string of the molecule is CCCCC(=O)NCC(c1ccc(C)cc1)N1CCCCC1.Cl. The fourth-order valence-electron chi connectivity index (χ4n) is 3.11. The first kappa shape index (κ1) is 20.0. The number of piperidine rings is 1. The quantitative estimate of drug-likeness (QED) is 0.806. The molecule has 1 heterocycles. The number of nitrogens with zero attached hydrogens (tertiary/aromatic N) is 1. The van der Waals surface area contributed by atoms with Gasteiger partial charge in [0.05, 0.1) is 6.04 Å². The molecule has 4 heteroatoms. The number of hydrogen-bond donors (Lipinski definition) is 1. The van der Waals surface area contributed by atoms with Crippen molar-refractivity contribution >= 4 is 18.3 Å². The Kier molecular flexibility index (Phi) is 9.27. The Balaban J connectivity index is 0.00000264. The van der Waals surface area contributed by atoms with E-state index < -0.39 is 0 Å². The number of likely N-dealkylation sites (tertiary alicyclic amines) is 1. The molecule has 1 aliphatic rings. The lowest BCUT2D eigenvalue weighted by atomic mass is 10.0. The van der Waals surface area contributed by atoms with Crippen LogP contribution in [0, 0.1) is 6.92 Å². The summed E-state index contributed by atoms with van der Waals surface area (Å²) < 4.78 is 0. The molecule has 130 valence electrons. The number of halogens is 1. The maximum absolute atomic E-state index is 11.9. The molecule has 0 saturated carbocycles. The number of carbonyl (C=O) groups is 1. The first-order valence-electron chi connectivity index (χ1n) is 8.78. The number of rotatable bonds is 7. The predicted molar refractivity (Wildman–Crippen MR) is 99.1 cm³/mol. The van der Waals surface area contributed by atoms with Crippen molar-refractivity contribution in [3.8, 4) is 0 Å². The van der Waals surface area contributed by atoms with Gasteiger partial charge in [0, 0.05) is 13.0 Å². The molecule has 1 saturated heterocycles. The van der Waals surface area contributed by atoms with Crippen LogP contribution in [0.1, 0.15) is 62.6 Å². The summed E-state index contributed by atoms with van der Waals surface area (Å²) in [6.07, 6.45) is 6.57. The highest BCUT2D eigenvalue weighted by molar-refractivity contribution is 5.85. The summed E-state index contributed by atoms with van der Waals surface area (Å²) in [4.78, 5) is 14.5. The minimum atomic E-state index is 0. The van der Waals surface area contributed by atoms with Gasteiger partial charge in [-0.05, 0) is 44.8 Å². The van der Waals surface area contributed by atoms with Gasteiger partial charge >= 0.3 is 0 Å². The summed E-state index contributed by atoms with van der Waals surface area (Å²) in [5.74, 6) is 0.191. The van der Waals surface area contributed by atoms with Crippen molar-refractivity contribution in [3.63, 3.8) is 0 Å². The van der Waals surface area contributed by atoms with Gasteiger partial charge in [0.25, 0.3) is 0 Å². The molecule has 0 spiro atoms. The van der Waals surface area contributed by atoms with Crippen molar-refractivity contribution < 1.29 is 4.79 Å². The minimum Gasteiger partial charge on any atom is -0.354 e. The van der Waals surface area contributed by atoms with Crippen LogP contribution < -0.4 is 5.32 Å². The monoisotopic (exact) mass is 338 g/mol. The van der Waals surface area contributed by atoms with Gasteiger partial charge in [-0.25, -0.2) is 0 Å². The lowest BCUT2D eigenvalue weighted by Crippen LogP contribution is -2.40. The van der Waals surface area contributed by atoms with Gasteiger partial charge < -0.3 is 5.32 Å². The molecule has 1 atom stereocenters. The van der Waals surface area contributed by atoms with Gasteiger partial charge in [-0.1, -0.05) is 49.6 Å². The summed E-state index contributed by atoms with van der Waals surface area (Å²) >= 11 is 0. The number of nitrogens with one attached hydrogen (secondary N) is 1. The Labute approximate surface area is 147 Å². The summed E-state index contributed by atoms with van der Waals surface area (Å²) in [7, 11) is 0. The number of hydrogen-bond acceptors (Lipinski definition) is 2. The maximum Gasteiger partial charge on any atom is 0.220 e. The van der Waals surface area contributed by atoms with E-state index in [1.165, 1.54) is 30.4 Å². The average Bonchev–Trinajstić information content (AvgIpc) is 2.55. The molecule has 3 nitrogen and oxygen atoms in total. The zero-order valence-corrected chi connectivity index (χ0v) is 15.3. The van der Waals surface area contributed by atoms with Crippen molar-refractivity contribution in [2.24, 2.45) is 0 Å². The van der Waals surface area contributed by atoms with Crippen LogP contribution >= 0.6 is 12.4 Å². The number of aryl methyl sites for hydroxylation is 1. The highest BCUT2D eigenvalue weighted by Crippen LogP contribution is 2.24. The van der Waals surface area contributed by atoms with E-state index in [4.69, 9.17) is 0 Å². The van der Waals surface area contributed by atoms with Gasteiger partial charge in [0.1, 0.15) is 0 Å². The average molecular weight is 339 g/mol. The molecule has 0 bridgehead atoms. The number of benzene rings is 1. The molecule has 1 aromatic rings. The van der Waals surface area contributed by atoms with E-state index in [1.807, 2.05) is 0 Å². The number of carbonyl (C=O) groups excluding carboxylic acids is 1. The van der Waals surface area contributed by atoms with Crippen LogP contribution in [0.25, 0.3) is 0 Å². The molecule has 23 heavy (non-hydrogen) atoms. The first-order chi connectivity index (χ1) is 10.7. The number of amides is 1. The van der Waals surface area contributed by atoms with Gasteiger partial charge in [-0.2, -0.15) is 0 Å². The fourth-order valence-corrected chi connectivity index (χ4v) is 3.11. The maximum atomic E-state index is 11.9. The molecule has 1 fully saturated rings. The molecule has 0 aromatic heterocycles. The van der Waals surface area contributed by atoms with Crippen LogP contribution in [0.5, 0.6) is 0 Å². The molecule has 0 radical (unpaired) electrons. The molecule has 1 unspecified atom stereocenters. The van der Waals surface area contributed by atoms with Gasteiger partial charge in [0.2, 0.25) is 5.91 Å². The zero-order chi connectivity index (χ0) is 15.8.